The maximum Gasteiger partial charge on any atom is 0.227 e. The summed E-state index contributed by atoms with van der Waals surface area (Å²) in [6.45, 7) is 6.91. The van der Waals surface area contributed by atoms with Crippen LogP contribution in [0.2, 0.25) is 0 Å². The van der Waals surface area contributed by atoms with E-state index in [9.17, 15) is 4.79 Å². The Balaban J connectivity index is 2.40. The number of amides is 1. The molecule has 3 N–H and O–H groups in total. The summed E-state index contributed by atoms with van der Waals surface area (Å²) in [5.74, 6) is 0.792. The Morgan fingerprint density at radius 2 is 2.00 bits per heavy atom. The van der Waals surface area contributed by atoms with Gasteiger partial charge in [-0.3, -0.25) is 4.79 Å². The molecule has 0 aliphatic heterocycles. The van der Waals surface area contributed by atoms with Gasteiger partial charge in [0.05, 0.1) is 5.41 Å². The molecule has 1 aliphatic rings. The van der Waals surface area contributed by atoms with Gasteiger partial charge >= 0.3 is 0 Å². The van der Waals surface area contributed by atoms with Gasteiger partial charge in [0.15, 0.2) is 0 Å². The van der Waals surface area contributed by atoms with E-state index in [1.54, 1.807) is 0 Å². The lowest BCUT2D eigenvalue weighted by Crippen LogP contribution is -2.52. The van der Waals surface area contributed by atoms with Crippen molar-refractivity contribution in [2.45, 2.75) is 52.5 Å². The monoisotopic (exact) mass is 212 g/mol. The van der Waals surface area contributed by atoms with Gasteiger partial charge in [0, 0.05) is 12.6 Å². The molecular formula is C12H24N2O. The average molecular weight is 212 g/mol. The van der Waals surface area contributed by atoms with E-state index < -0.39 is 0 Å². The molecule has 0 bridgehead atoms. The Bertz CT molecular complexity index is 216. The third-order valence-electron chi connectivity index (χ3n) is 3.39. The molecule has 0 aromatic carbocycles. The van der Waals surface area contributed by atoms with Crippen LogP contribution in [0.1, 0.15) is 46.5 Å². The number of carbonyl (C=O) groups is 1. The fourth-order valence-corrected chi connectivity index (χ4v) is 2.27. The fourth-order valence-electron chi connectivity index (χ4n) is 2.27. The van der Waals surface area contributed by atoms with Crippen molar-refractivity contribution in [2.24, 2.45) is 17.1 Å². The highest BCUT2D eigenvalue weighted by Crippen LogP contribution is 2.40. The molecule has 0 aromatic rings. The van der Waals surface area contributed by atoms with Crippen molar-refractivity contribution in [3.63, 3.8) is 0 Å². The first-order valence-corrected chi connectivity index (χ1v) is 6.01. The molecule has 1 atom stereocenters. The van der Waals surface area contributed by atoms with Gasteiger partial charge in [-0.15, -0.1) is 0 Å². The standard InChI is InChI=1S/C12H24N2O/c1-9(2)7-10(3)14-11(15)12(8-13)5-4-6-12/h9-10H,4-8,13H2,1-3H3,(H,14,15). The molecule has 1 unspecified atom stereocenters. The number of nitrogens with one attached hydrogen (secondary N) is 1. The maximum absolute atomic E-state index is 12.0. The van der Waals surface area contributed by atoms with Gasteiger partial charge < -0.3 is 11.1 Å². The SMILES string of the molecule is CC(C)CC(C)NC(=O)C1(CN)CCC1. The lowest BCUT2D eigenvalue weighted by atomic mass is 9.68. The second kappa shape index (κ2) is 4.97. The second-order valence-electron chi connectivity index (χ2n) is 5.34. The number of nitrogens with two attached hydrogens (primary N) is 1. The first kappa shape index (κ1) is 12.5. The highest BCUT2D eigenvalue weighted by molar-refractivity contribution is 5.84. The predicted molar refractivity (Wildman–Crippen MR) is 62.4 cm³/mol. The number of hydrogen-bond donors (Lipinski definition) is 2. The molecule has 0 aromatic heterocycles. The number of hydrogen-bond acceptors (Lipinski definition) is 2. The van der Waals surface area contributed by atoms with Crippen LogP contribution >= 0.6 is 0 Å². The Kier molecular flexibility index (Phi) is 4.14. The van der Waals surface area contributed by atoms with E-state index in [1.807, 2.05) is 0 Å². The van der Waals surface area contributed by atoms with Gasteiger partial charge in [-0.25, -0.2) is 0 Å². The summed E-state index contributed by atoms with van der Waals surface area (Å²) in [5, 5.41) is 3.09. The van der Waals surface area contributed by atoms with E-state index in [-0.39, 0.29) is 17.4 Å². The van der Waals surface area contributed by atoms with Crippen LogP contribution in [0.25, 0.3) is 0 Å². The molecule has 0 heterocycles. The molecular weight excluding hydrogens is 188 g/mol. The summed E-state index contributed by atoms with van der Waals surface area (Å²) in [6.07, 6.45) is 4.10. The topological polar surface area (TPSA) is 55.1 Å². The van der Waals surface area contributed by atoms with Crippen LogP contribution in [0.4, 0.5) is 0 Å². The van der Waals surface area contributed by atoms with Crippen LogP contribution in [-0.2, 0) is 4.79 Å². The first-order chi connectivity index (χ1) is 7.00. The van der Waals surface area contributed by atoms with E-state index in [1.165, 1.54) is 0 Å². The maximum atomic E-state index is 12.0. The molecule has 0 spiro atoms. The zero-order valence-electron chi connectivity index (χ0n) is 10.2. The zero-order valence-corrected chi connectivity index (χ0v) is 10.2. The highest BCUT2D eigenvalue weighted by Gasteiger charge is 2.42. The lowest BCUT2D eigenvalue weighted by molar-refractivity contribution is -0.135. The smallest absolute Gasteiger partial charge is 0.227 e. The summed E-state index contributed by atoms with van der Waals surface area (Å²) in [4.78, 5) is 12.0. The number of rotatable bonds is 5. The van der Waals surface area contributed by atoms with Gasteiger partial charge in [-0.2, -0.15) is 0 Å². The van der Waals surface area contributed by atoms with Gasteiger partial charge in [0.2, 0.25) is 5.91 Å². The quantitative estimate of drug-likeness (QED) is 0.728. The third kappa shape index (κ3) is 2.94. The molecule has 1 aliphatic carbocycles. The molecule has 1 amide bonds. The average Bonchev–Trinajstić information content (AvgIpc) is 2.00. The van der Waals surface area contributed by atoms with Crippen molar-refractivity contribution in [1.29, 1.82) is 0 Å². The number of carbonyl (C=O) groups excluding carboxylic acids is 1. The minimum Gasteiger partial charge on any atom is -0.353 e. The van der Waals surface area contributed by atoms with E-state index in [2.05, 4.69) is 26.1 Å². The van der Waals surface area contributed by atoms with E-state index in [4.69, 9.17) is 5.73 Å². The van der Waals surface area contributed by atoms with Crippen molar-refractivity contribution in [3.05, 3.63) is 0 Å². The van der Waals surface area contributed by atoms with Gasteiger partial charge in [-0.1, -0.05) is 20.3 Å². The van der Waals surface area contributed by atoms with Crippen LogP contribution in [-0.4, -0.2) is 18.5 Å². The van der Waals surface area contributed by atoms with Crippen LogP contribution in [0.15, 0.2) is 0 Å². The summed E-state index contributed by atoms with van der Waals surface area (Å²) >= 11 is 0. The summed E-state index contributed by atoms with van der Waals surface area (Å²) in [5.41, 5.74) is 5.45. The molecule has 0 saturated heterocycles. The van der Waals surface area contributed by atoms with Crippen molar-refractivity contribution >= 4 is 5.91 Å². The van der Waals surface area contributed by atoms with Gasteiger partial charge in [0.1, 0.15) is 0 Å². The van der Waals surface area contributed by atoms with Crippen molar-refractivity contribution in [3.8, 4) is 0 Å². The highest BCUT2D eigenvalue weighted by atomic mass is 16.2. The largest absolute Gasteiger partial charge is 0.353 e. The van der Waals surface area contributed by atoms with Crippen molar-refractivity contribution in [1.82, 2.24) is 5.32 Å². The van der Waals surface area contributed by atoms with Gasteiger partial charge in [0.25, 0.3) is 0 Å². The molecule has 0 radical (unpaired) electrons. The van der Waals surface area contributed by atoms with Crippen LogP contribution in [0.3, 0.4) is 0 Å². The molecule has 15 heavy (non-hydrogen) atoms. The second-order valence-corrected chi connectivity index (χ2v) is 5.34. The minimum atomic E-state index is -0.231. The van der Waals surface area contributed by atoms with Gasteiger partial charge in [-0.05, 0) is 32.1 Å². The fraction of sp³-hybridized carbons (Fsp3) is 0.917. The lowest BCUT2D eigenvalue weighted by Gasteiger charge is -2.40. The Morgan fingerprint density at radius 1 is 1.40 bits per heavy atom. The summed E-state index contributed by atoms with van der Waals surface area (Å²) in [6, 6.07) is 0.265. The first-order valence-electron chi connectivity index (χ1n) is 6.01. The molecule has 1 rings (SSSR count). The van der Waals surface area contributed by atoms with E-state index in [0.29, 0.717) is 12.5 Å². The third-order valence-corrected chi connectivity index (χ3v) is 3.39. The van der Waals surface area contributed by atoms with Crippen LogP contribution < -0.4 is 11.1 Å². The van der Waals surface area contributed by atoms with Crippen LogP contribution in [0.5, 0.6) is 0 Å². The normalized spacial score (nSPS) is 20.9. The van der Waals surface area contributed by atoms with Crippen molar-refractivity contribution < 1.29 is 4.79 Å². The van der Waals surface area contributed by atoms with E-state index in [0.717, 1.165) is 25.7 Å². The predicted octanol–water partition coefficient (Wildman–Crippen LogP) is 1.67. The van der Waals surface area contributed by atoms with E-state index >= 15 is 0 Å². The molecule has 88 valence electrons. The van der Waals surface area contributed by atoms with Crippen molar-refractivity contribution in [2.75, 3.05) is 6.54 Å². The Labute approximate surface area is 92.8 Å². The molecule has 3 nitrogen and oxygen atoms in total. The Hall–Kier alpha value is -0.570. The molecule has 1 fully saturated rings. The summed E-state index contributed by atoms with van der Waals surface area (Å²) in [7, 11) is 0. The zero-order chi connectivity index (χ0) is 11.5. The minimum absolute atomic E-state index is 0.171. The Morgan fingerprint density at radius 3 is 2.33 bits per heavy atom. The summed E-state index contributed by atoms with van der Waals surface area (Å²) < 4.78 is 0. The molecule has 1 saturated carbocycles. The molecule has 3 heteroatoms. The van der Waals surface area contributed by atoms with Crippen LogP contribution in [0, 0.1) is 11.3 Å².